The highest BCUT2D eigenvalue weighted by atomic mass is 32.1. The van der Waals surface area contributed by atoms with E-state index in [1.807, 2.05) is 18.2 Å². The molecule has 0 atom stereocenters. The minimum absolute atomic E-state index is 0.0592. The Morgan fingerprint density at radius 2 is 2.24 bits per heavy atom. The Labute approximate surface area is 106 Å². The van der Waals surface area contributed by atoms with E-state index in [0.717, 1.165) is 0 Å². The Morgan fingerprint density at radius 3 is 2.88 bits per heavy atom. The van der Waals surface area contributed by atoms with E-state index >= 15 is 0 Å². The molecule has 2 rings (SSSR count). The number of benzene rings is 1. The lowest BCUT2D eigenvalue weighted by Gasteiger charge is -2.04. The second-order valence-electron chi connectivity index (χ2n) is 3.07. The van der Waals surface area contributed by atoms with Crippen LogP contribution in [0.2, 0.25) is 0 Å². The average molecular weight is 267 g/mol. The van der Waals surface area contributed by atoms with Crippen molar-refractivity contribution in [1.29, 1.82) is 0 Å². The molecule has 0 fully saturated rings. The van der Waals surface area contributed by atoms with Crippen LogP contribution in [0.4, 0.5) is 5.13 Å². The largest absolute Gasteiger partial charge is 0.484 e. The third-order valence-corrected chi connectivity index (χ3v) is 2.80. The van der Waals surface area contributed by atoms with Crippen LogP contribution in [0.15, 0.2) is 30.3 Å². The summed E-state index contributed by atoms with van der Waals surface area (Å²) in [4.78, 5) is 11.5. The lowest BCUT2D eigenvalue weighted by Crippen LogP contribution is -2.20. The molecule has 1 aromatic carbocycles. The maximum atomic E-state index is 11.5. The van der Waals surface area contributed by atoms with Crippen molar-refractivity contribution in [2.75, 3.05) is 11.9 Å². The van der Waals surface area contributed by atoms with Gasteiger partial charge in [0.25, 0.3) is 5.91 Å². The quantitative estimate of drug-likeness (QED) is 0.834. The highest BCUT2D eigenvalue weighted by Crippen LogP contribution is 2.11. The number of ether oxygens (including phenoxy) is 1. The van der Waals surface area contributed by atoms with E-state index < -0.39 is 0 Å². The summed E-state index contributed by atoms with van der Waals surface area (Å²) in [6, 6.07) is 9.13. The molecule has 0 aliphatic heterocycles. The molecule has 2 N–H and O–H groups in total. The van der Waals surface area contributed by atoms with Crippen molar-refractivity contribution in [3.63, 3.8) is 0 Å². The van der Waals surface area contributed by atoms with Gasteiger partial charge in [-0.25, -0.2) is 0 Å². The number of aromatic nitrogens is 2. The van der Waals surface area contributed by atoms with Gasteiger partial charge >= 0.3 is 0 Å². The number of carbonyl (C=O) groups excluding carboxylic acids is 1. The number of nitrogens with one attached hydrogen (secondary N) is 2. The summed E-state index contributed by atoms with van der Waals surface area (Å²) >= 11 is 6.04. The molecular formula is C10H9N3O2S2. The standard InChI is InChI=1S/C10H9N3O2S2/c14-8(11-9-12-13-10(16)17-9)6-15-7-4-2-1-3-5-7/h1-5H,6H2,(H,13,16)(H,11,12,14). The first kappa shape index (κ1) is 11.7. The van der Waals surface area contributed by atoms with Crippen LogP contribution in [-0.2, 0) is 4.79 Å². The van der Waals surface area contributed by atoms with Gasteiger partial charge in [-0.15, -0.1) is 5.10 Å². The van der Waals surface area contributed by atoms with Crippen LogP contribution < -0.4 is 10.1 Å². The number of carbonyl (C=O) groups is 1. The monoisotopic (exact) mass is 267 g/mol. The van der Waals surface area contributed by atoms with Gasteiger partial charge in [0.05, 0.1) is 0 Å². The summed E-state index contributed by atoms with van der Waals surface area (Å²) in [5.41, 5.74) is 0. The van der Waals surface area contributed by atoms with Gasteiger partial charge in [-0.1, -0.05) is 29.5 Å². The molecule has 0 spiro atoms. The van der Waals surface area contributed by atoms with E-state index in [0.29, 0.717) is 14.8 Å². The van der Waals surface area contributed by atoms with E-state index in [4.69, 9.17) is 17.0 Å². The fourth-order valence-electron chi connectivity index (χ4n) is 1.10. The van der Waals surface area contributed by atoms with Gasteiger partial charge in [0.15, 0.2) is 10.6 Å². The Kier molecular flexibility index (Phi) is 3.84. The smallest absolute Gasteiger partial charge is 0.264 e. The summed E-state index contributed by atoms with van der Waals surface area (Å²) < 4.78 is 5.79. The second kappa shape index (κ2) is 5.55. The number of rotatable bonds is 4. The number of H-pyrrole nitrogens is 1. The Bertz CT molecular complexity index is 550. The van der Waals surface area contributed by atoms with Crippen molar-refractivity contribution in [2.24, 2.45) is 0 Å². The lowest BCUT2D eigenvalue weighted by atomic mass is 10.3. The zero-order valence-electron chi connectivity index (χ0n) is 8.67. The topological polar surface area (TPSA) is 67.0 Å². The van der Waals surface area contributed by atoms with Gasteiger partial charge in [-0.05, 0) is 24.4 Å². The van der Waals surface area contributed by atoms with Crippen molar-refractivity contribution in [3.8, 4) is 5.75 Å². The zero-order chi connectivity index (χ0) is 12.1. The summed E-state index contributed by atoms with van der Waals surface area (Å²) in [6.07, 6.45) is 0. The Balaban J connectivity index is 1.84. The molecule has 0 aliphatic carbocycles. The molecule has 0 radical (unpaired) electrons. The Hall–Kier alpha value is -1.73. The van der Waals surface area contributed by atoms with Gasteiger partial charge < -0.3 is 4.74 Å². The molecule has 0 aliphatic rings. The normalized spacial score (nSPS) is 9.88. The molecule has 0 saturated heterocycles. The van der Waals surface area contributed by atoms with Crippen molar-refractivity contribution < 1.29 is 9.53 Å². The second-order valence-corrected chi connectivity index (χ2v) is 4.73. The van der Waals surface area contributed by atoms with Gasteiger partial charge in [0.1, 0.15) is 5.75 Å². The minimum atomic E-state index is -0.272. The average Bonchev–Trinajstić information content (AvgIpc) is 2.73. The van der Waals surface area contributed by atoms with E-state index in [9.17, 15) is 4.79 Å². The molecule has 7 heteroatoms. The maximum Gasteiger partial charge on any atom is 0.264 e. The molecular weight excluding hydrogens is 258 g/mol. The van der Waals surface area contributed by atoms with Gasteiger partial charge in [-0.2, -0.15) is 0 Å². The number of hydrogen-bond acceptors (Lipinski definition) is 5. The summed E-state index contributed by atoms with van der Waals surface area (Å²) in [7, 11) is 0. The SMILES string of the molecule is O=C(COc1ccccc1)Nc1n[nH]c(=S)s1. The van der Waals surface area contributed by atoms with Crippen LogP contribution in [0.5, 0.6) is 5.75 Å². The van der Waals surface area contributed by atoms with E-state index in [-0.39, 0.29) is 12.5 Å². The van der Waals surface area contributed by atoms with Crippen LogP contribution >= 0.6 is 23.6 Å². The highest BCUT2D eigenvalue weighted by Gasteiger charge is 2.05. The number of nitrogens with zero attached hydrogens (tertiary/aromatic N) is 1. The van der Waals surface area contributed by atoms with Gasteiger partial charge in [0, 0.05) is 0 Å². The third kappa shape index (κ3) is 3.65. The molecule has 17 heavy (non-hydrogen) atoms. The molecule has 88 valence electrons. The number of anilines is 1. The molecule has 0 bridgehead atoms. The molecule has 5 nitrogen and oxygen atoms in total. The molecule has 2 aromatic rings. The molecule has 1 amide bonds. The first-order valence-corrected chi connectivity index (χ1v) is 6.00. The summed E-state index contributed by atoms with van der Waals surface area (Å²) in [6.45, 7) is -0.0592. The van der Waals surface area contributed by atoms with Crippen molar-refractivity contribution in [2.45, 2.75) is 0 Å². The van der Waals surface area contributed by atoms with Gasteiger partial charge in [0.2, 0.25) is 5.13 Å². The number of hydrogen-bond donors (Lipinski definition) is 2. The minimum Gasteiger partial charge on any atom is -0.484 e. The van der Waals surface area contributed by atoms with E-state index in [1.165, 1.54) is 11.3 Å². The first-order valence-electron chi connectivity index (χ1n) is 4.77. The van der Waals surface area contributed by atoms with Crippen LogP contribution in [0.3, 0.4) is 0 Å². The first-order chi connectivity index (χ1) is 8.24. The van der Waals surface area contributed by atoms with Crippen LogP contribution in [0.25, 0.3) is 0 Å². The zero-order valence-corrected chi connectivity index (χ0v) is 10.3. The third-order valence-electron chi connectivity index (χ3n) is 1.80. The van der Waals surface area contributed by atoms with Crippen molar-refractivity contribution >= 4 is 34.6 Å². The number of aromatic amines is 1. The van der Waals surface area contributed by atoms with Gasteiger partial charge in [-0.3, -0.25) is 15.2 Å². The molecule has 0 unspecified atom stereocenters. The van der Waals surface area contributed by atoms with Crippen LogP contribution in [0.1, 0.15) is 0 Å². The fraction of sp³-hybridized carbons (Fsp3) is 0.100. The molecule has 1 heterocycles. The summed E-state index contributed by atoms with van der Waals surface area (Å²) in [5.74, 6) is 0.379. The highest BCUT2D eigenvalue weighted by molar-refractivity contribution is 7.73. The predicted octanol–water partition coefficient (Wildman–Crippen LogP) is 2.22. The molecule has 1 aromatic heterocycles. The molecule has 0 saturated carbocycles. The van der Waals surface area contributed by atoms with E-state index in [2.05, 4.69) is 15.5 Å². The fourth-order valence-corrected chi connectivity index (χ4v) is 1.91. The van der Waals surface area contributed by atoms with Crippen molar-refractivity contribution in [3.05, 3.63) is 34.3 Å². The van der Waals surface area contributed by atoms with Crippen LogP contribution in [0, 0.1) is 3.95 Å². The maximum absolute atomic E-state index is 11.5. The van der Waals surface area contributed by atoms with E-state index in [1.54, 1.807) is 12.1 Å². The Morgan fingerprint density at radius 1 is 1.47 bits per heavy atom. The summed E-state index contributed by atoms with van der Waals surface area (Å²) in [5, 5.41) is 9.41. The lowest BCUT2D eigenvalue weighted by molar-refractivity contribution is -0.118. The van der Waals surface area contributed by atoms with Crippen molar-refractivity contribution in [1.82, 2.24) is 10.2 Å². The number of para-hydroxylation sites is 1. The number of amides is 1. The van der Waals surface area contributed by atoms with Crippen LogP contribution in [-0.4, -0.2) is 22.7 Å². The predicted molar refractivity (Wildman–Crippen MR) is 67.9 cm³/mol.